The first-order valence-electron chi connectivity index (χ1n) is 5.74. The van der Waals surface area contributed by atoms with E-state index in [4.69, 9.17) is 10.00 Å². The second kappa shape index (κ2) is 7.80. The highest BCUT2D eigenvalue weighted by atomic mass is 16.5. The van der Waals surface area contributed by atoms with Gasteiger partial charge in [-0.15, -0.1) is 0 Å². The van der Waals surface area contributed by atoms with Crippen LogP contribution in [0.5, 0.6) is 0 Å². The molecule has 92 valence electrons. The molecule has 1 unspecified atom stereocenters. The third-order valence-corrected chi connectivity index (χ3v) is 2.39. The summed E-state index contributed by atoms with van der Waals surface area (Å²) in [5, 5.41) is 21.6. The van der Waals surface area contributed by atoms with Gasteiger partial charge in [-0.1, -0.05) is 12.1 Å². The molecule has 0 spiro atoms. The molecule has 0 fully saturated rings. The van der Waals surface area contributed by atoms with E-state index in [0.717, 1.165) is 12.1 Å². The van der Waals surface area contributed by atoms with E-state index in [2.05, 4.69) is 5.32 Å². The molecule has 1 rings (SSSR count). The molecule has 0 saturated heterocycles. The highest BCUT2D eigenvalue weighted by Crippen LogP contribution is 2.12. The number of nitrogens with one attached hydrogen (secondary N) is 1. The first-order chi connectivity index (χ1) is 8.27. The predicted molar refractivity (Wildman–Crippen MR) is 65.5 cm³/mol. The van der Waals surface area contributed by atoms with Crippen molar-refractivity contribution in [3.8, 4) is 6.07 Å². The van der Waals surface area contributed by atoms with E-state index >= 15 is 0 Å². The van der Waals surface area contributed by atoms with Crippen molar-refractivity contribution in [3.05, 3.63) is 35.4 Å². The summed E-state index contributed by atoms with van der Waals surface area (Å²) in [6, 6.07) is 9.00. The second-order valence-corrected chi connectivity index (χ2v) is 3.65. The first-order valence-corrected chi connectivity index (χ1v) is 5.74. The zero-order valence-corrected chi connectivity index (χ0v) is 10.0. The predicted octanol–water partition coefficient (Wildman–Crippen LogP) is 1.22. The smallest absolute Gasteiger partial charge is 0.0991 e. The molecule has 1 aromatic carbocycles. The minimum Gasteiger partial charge on any atom is -0.387 e. The maximum Gasteiger partial charge on any atom is 0.0991 e. The van der Waals surface area contributed by atoms with Crippen molar-refractivity contribution in [3.63, 3.8) is 0 Å². The molecule has 0 radical (unpaired) electrons. The van der Waals surface area contributed by atoms with Crippen LogP contribution >= 0.6 is 0 Å². The number of aliphatic hydroxyl groups excluding tert-OH is 1. The molecular weight excluding hydrogens is 216 g/mol. The molecule has 0 bridgehead atoms. The molecule has 4 heteroatoms. The van der Waals surface area contributed by atoms with Gasteiger partial charge in [0.15, 0.2) is 0 Å². The van der Waals surface area contributed by atoms with Crippen LogP contribution in [0.4, 0.5) is 0 Å². The standard InChI is InChI=1S/C13H18N2O2/c1-2-17-8-7-15-10-13(16)12-5-3-11(9-14)4-6-12/h3-6,13,15-16H,2,7-8,10H2,1H3. The van der Waals surface area contributed by atoms with Crippen LogP contribution in [0.15, 0.2) is 24.3 Å². The van der Waals surface area contributed by atoms with Gasteiger partial charge in [0, 0.05) is 19.7 Å². The Hall–Kier alpha value is -1.41. The second-order valence-electron chi connectivity index (χ2n) is 3.65. The Balaban J connectivity index is 2.31. The molecule has 0 amide bonds. The van der Waals surface area contributed by atoms with Crippen LogP contribution in [0.1, 0.15) is 24.2 Å². The van der Waals surface area contributed by atoms with Crippen molar-refractivity contribution in [2.24, 2.45) is 0 Å². The third-order valence-electron chi connectivity index (χ3n) is 2.39. The lowest BCUT2D eigenvalue weighted by Crippen LogP contribution is -2.25. The summed E-state index contributed by atoms with van der Waals surface area (Å²) in [6.45, 7) is 4.52. The molecule has 0 saturated carbocycles. The minimum absolute atomic E-state index is 0.485. The Labute approximate surface area is 102 Å². The van der Waals surface area contributed by atoms with Gasteiger partial charge in [0.2, 0.25) is 0 Å². The van der Waals surface area contributed by atoms with Crippen molar-refractivity contribution in [1.29, 1.82) is 5.26 Å². The van der Waals surface area contributed by atoms with E-state index in [-0.39, 0.29) is 0 Å². The molecule has 0 aliphatic heterocycles. The molecule has 1 aromatic rings. The van der Waals surface area contributed by atoms with Crippen molar-refractivity contribution in [2.75, 3.05) is 26.3 Å². The van der Waals surface area contributed by atoms with Crippen molar-refractivity contribution in [1.82, 2.24) is 5.32 Å². The fourth-order valence-electron chi connectivity index (χ4n) is 1.43. The van der Waals surface area contributed by atoms with Gasteiger partial charge >= 0.3 is 0 Å². The molecule has 17 heavy (non-hydrogen) atoms. The van der Waals surface area contributed by atoms with E-state index in [1.165, 1.54) is 0 Å². The normalized spacial score (nSPS) is 12.1. The van der Waals surface area contributed by atoms with E-state index in [9.17, 15) is 5.11 Å². The van der Waals surface area contributed by atoms with Crippen LogP contribution in [0.2, 0.25) is 0 Å². The monoisotopic (exact) mass is 234 g/mol. The number of nitrogens with zero attached hydrogens (tertiary/aromatic N) is 1. The Morgan fingerprint density at radius 2 is 2.12 bits per heavy atom. The van der Waals surface area contributed by atoms with Crippen molar-refractivity contribution in [2.45, 2.75) is 13.0 Å². The van der Waals surface area contributed by atoms with Crippen LogP contribution in [0.25, 0.3) is 0 Å². The van der Waals surface area contributed by atoms with Crippen LogP contribution in [0.3, 0.4) is 0 Å². The average Bonchev–Trinajstić information content (AvgIpc) is 2.38. The zero-order valence-electron chi connectivity index (χ0n) is 10.0. The molecule has 0 heterocycles. The van der Waals surface area contributed by atoms with Gasteiger partial charge in [-0.3, -0.25) is 0 Å². The van der Waals surface area contributed by atoms with Gasteiger partial charge in [0.1, 0.15) is 0 Å². The minimum atomic E-state index is -0.552. The maximum atomic E-state index is 9.85. The Bertz CT molecular complexity index is 357. The number of rotatable bonds is 7. The zero-order chi connectivity index (χ0) is 12.5. The van der Waals surface area contributed by atoms with Crippen molar-refractivity contribution < 1.29 is 9.84 Å². The van der Waals surface area contributed by atoms with Gasteiger partial charge in [0.05, 0.1) is 24.3 Å². The summed E-state index contributed by atoms with van der Waals surface area (Å²) in [5.74, 6) is 0. The van der Waals surface area contributed by atoms with Gasteiger partial charge < -0.3 is 15.2 Å². The summed E-state index contributed by atoms with van der Waals surface area (Å²) >= 11 is 0. The van der Waals surface area contributed by atoms with E-state index in [0.29, 0.717) is 25.3 Å². The first kappa shape index (κ1) is 13.7. The highest BCUT2D eigenvalue weighted by molar-refractivity contribution is 5.32. The van der Waals surface area contributed by atoms with Crippen LogP contribution in [-0.4, -0.2) is 31.4 Å². The molecule has 4 nitrogen and oxygen atoms in total. The molecule has 0 aliphatic rings. The van der Waals surface area contributed by atoms with E-state index < -0.39 is 6.10 Å². The Morgan fingerprint density at radius 3 is 2.71 bits per heavy atom. The van der Waals surface area contributed by atoms with Gasteiger partial charge in [-0.25, -0.2) is 0 Å². The van der Waals surface area contributed by atoms with Crippen LogP contribution in [-0.2, 0) is 4.74 Å². The fourth-order valence-corrected chi connectivity index (χ4v) is 1.43. The van der Waals surface area contributed by atoms with Gasteiger partial charge in [-0.2, -0.15) is 5.26 Å². The van der Waals surface area contributed by atoms with Crippen LogP contribution in [0, 0.1) is 11.3 Å². The van der Waals surface area contributed by atoms with E-state index in [1.807, 2.05) is 13.0 Å². The van der Waals surface area contributed by atoms with Crippen molar-refractivity contribution >= 4 is 0 Å². The average molecular weight is 234 g/mol. The molecule has 0 aromatic heterocycles. The summed E-state index contributed by atoms with van der Waals surface area (Å²) < 4.78 is 5.17. The Morgan fingerprint density at radius 1 is 1.41 bits per heavy atom. The molecule has 0 aliphatic carbocycles. The molecular formula is C13H18N2O2. The third kappa shape index (κ3) is 4.96. The summed E-state index contributed by atoms with van der Waals surface area (Å²) in [5.41, 5.74) is 1.41. The lowest BCUT2D eigenvalue weighted by molar-refractivity contribution is 0.138. The topological polar surface area (TPSA) is 65.3 Å². The SMILES string of the molecule is CCOCCNCC(O)c1ccc(C#N)cc1. The summed E-state index contributed by atoms with van der Waals surface area (Å²) in [4.78, 5) is 0. The maximum absolute atomic E-state index is 9.85. The number of aliphatic hydroxyl groups is 1. The fraction of sp³-hybridized carbons (Fsp3) is 0.462. The molecule has 2 N–H and O–H groups in total. The lowest BCUT2D eigenvalue weighted by atomic mass is 10.1. The highest BCUT2D eigenvalue weighted by Gasteiger charge is 2.06. The lowest BCUT2D eigenvalue weighted by Gasteiger charge is -2.12. The van der Waals surface area contributed by atoms with Crippen LogP contribution < -0.4 is 5.32 Å². The molecule has 1 atom stereocenters. The van der Waals surface area contributed by atoms with Gasteiger partial charge in [0.25, 0.3) is 0 Å². The number of hydrogen-bond donors (Lipinski definition) is 2. The number of hydrogen-bond acceptors (Lipinski definition) is 4. The largest absolute Gasteiger partial charge is 0.387 e. The number of nitriles is 1. The summed E-state index contributed by atoms with van der Waals surface area (Å²) in [6.07, 6.45) is -0.552. The number of ether oxygens (including phenoxy) is 1. The summed E-state index contributed by atoms with van der Waals surface area (Å²) in [7, 11) is 0. The Kier molecular flexibility index (Phi) is 6.26. The quantitative estimate of drug-likeness (QED) is 0.696. The van der Waals surface area contributed by atoms with E-state index in [1.54, 1.807) is 24.3 Å². The number of benzene rings is 1. The van der Waals surface area contributed by atoms with Gasteiger partial charge in [-0.05, 0) is 24.6 Å².